The summed E-state index contributed by atoms with van der Waals surface area (Å²) in [4.78, 5) is 24.8. The molecule has 6 nitrogen and oxygen atoms in total. The molecule has 2 amide bonds. The Hall–Kier alpha value is -3.87. The van der Waals surface area contributed by atoms with Crippen molar-refractivity contribution >= 4 is 23.2 Å². The molecule has 3 aromatic carbocycles. The van der Waals surface area contributed by atoms with Crippen molar-refractivity contribution in [3.8, 4) is 11.5 Å². The van der Waals surface area contributed by atoms with Crippen LogP contribution < -0.4 is 20.1 Å². The van der Waals surface area contributed by atoms with Gasteiger partial charge < -0.3 is 20.1 Å². The lowest BCUT2D eigenvalue weighted by Gasteiger charge is -2.12. The Labute approximate surface area is 167 Å². The van der Waals surface area contributed by atoms with E-state index in [1.165, 1.54) is 50.6 Å². The van der Waals surface area contributed by atoms with Crippen LogP contribution in [0.1, 0.15) is 20.7 Å². The van der Waals surface area contributed by atoms with Gasteiger partial charge in [0.1, 0.15) is 17.3 Å². The molecule has 0 fully saturated rings. The normalized spacial score (nSPS) is 10.2. The van der Waals surface area contributed by atoms with Crippen LogP contribution in [0.15, 0.2) is 66.7 Å². The molecule has 3 rings (SSSR count). The van der Waals surface area contributed by atoms with Gasteiger partial charge in [-0.25, -0.2) is 4.39 Å². The van der Waals surface area contributed by atoms with Gasteiger partial charge in [-0.3, -0.25) is 9.59 Å². The zero-order valence-electron chi connectivity index (χ0n) is 15.9. The molecule has 148 valence electrons. The van der Waals surface area contributed by atoms with Gasteiger partial charge in [-0.15, -0.1) is 0 Å². The standard InChI is InChI=1S/C22H19FN2O4/c1-28-18-11-12-20(29-2)19(13-18)25-22(27)15-5-3-14(4-6-15)21(26)24-17-9-7-16(23)8-10-17/h3-13H,1-2H3,(H,24,26)(H,25,27). The minimum Gasteiger partial charge on any atom is -0.497 e. The van der Waals surface area contributed by atoms with E-state index in [4.69, 9.17) is 9.47 Å². The summed E-state index contributed by atoms with van der Waals surface area (Å²) in [6.07, 6.45) is 0. The van der Waals surface area contributed by atoms with E-state index in [1.807, 2.05) is 0 Å². The summed E-state index contributed by atoms with van der Waals surface area (Å²) >= 11 is 0. The smallest absolute Gasteiger partial charge is 0.255 e. The van der Waals surface area contributed by atoms with Crippen LogP contribution in [0.3, 0.4) is 0 Å². The number of anilines is 2. The van der Waals surface area contributed by atoms with Crippen LogP contribution in [0.5, 0.6) is 11.5 Å². The predicted molar refractivity (Wildman–Crippen MR) is 108 cm³/mol. The van der Waals surface area contributed by atoms with Crippen molar-refractivity contribution in [3.05, 3.63) is 83.7 Å². The topological polar surface area (TPSA) is 76.7 Å². The molecular weight excluding hydrogens is 375 g/mol. The number of ether oxygens (including phenoxy) is 2. The molecule has 0 unspecified atom stereocenters. The monoisotopic (exact) mass is 394 g/mol. The number of benzene rings is 3. The summed E-state index contributed by atoms with van der Waals surface area (Å²) in [5.41, 5.74) is 1.68. The molecule has 0 saturated heterocycles. The molecule has 0 aromatic heterocycles. The Balaban J connectivity index is 1.70. The third kappa shape index (κ3) is 4.90. The van der Waals surface area contributed by atoms with Gasteiger partial charge in [-0.2, -0.15) is 0 Å². The predicted octanol–water partition coefficient (Wildman–Crippen LogP) is 4.35. The average molecular weight is 394 g/mol. The van der Waals surface area contributed by atoms with Gasteiger partial charge in [-0.05, 0) is 60.7 Å². The molecule has 3 aromatic rings. The fourth-order valence-electron chi connectivity index (χ4n) is 2.62. The molecular formula is C22H19FN2O4. The lowest BCUT2D eigenvalue weighted by Crippen LogP contribution is -2.14. The minimum absolute atomic E-state index is 0.359. The lowest BCUT2D eigenvalue weighted by molar-refractivity contribution is 0.101. The number of nitrogens with one attached hydrogen (secondary N) is 2. The van der Waals surface area contributed by atoms with Crippen LogP contribution in [-0.4, -0.2) is 26.0 Å². The molecule has 2 N–H and O–H groups in total. The summed E-state index contributed by atoms with van der Waals surface area (Å²) in [5, 5.41) is 5.43. The summed E-state index contributed by atoms with van der Waals surface area (Å²) in [6.45, 7) is 0. The Morgan fingerprint density at radius 1 is 0.759 bits per heavy atom. The number of halogens is 1. The molecule has 0 aliphatic rings. The van der Waals surface area contributed by atoms with Gasteiger partial charge in [0, 0.05) is 22.9 Å². The number of carbonyl (C=O) groups is 2. The van der Waals surface area contributed by atoms with Crippen LogP contribution in [0, 0.1) is 5.82 Å². The summed E-state index contributed by atoms with van der Waals surface area (Å²) < 4.78 is 23.4. The molecule has 0 spiro atoms. The van der Waals surface area contributed by atoms with Gasteiger partial charge >= 0.3 is 0 Å². The third-order valence-electron chi connectivity index (χ3n) is 4.17. The fraction of sp³-hybridized carbons (Fsp3) is 0.0909. The maximum atomic E-state index is 12.9. The second-order valence-corrected chi connectivity index (χ2v) is 6.06. The molecule has 0 aliphatic carbocycles. The number of amides is 2. The maximum Gasteiger partial charge on any atom is 0.255 e. The maximum absolute atomic E-state index is 12.9. The second kappa shape index (κ2) is 8.88. The van der Waals surface area contributed by atoms with Crippen LogP contribution >= 0.6 is 0 Å². The molecule has 7 heteroatoms. The Kier molecular flexibility index (Phi) is 6.09. The molecule has 0 aliphatic heterocycles. The van der Waals surface area contributed by atoms with E-state index in [-0.39, 0.29) is 17.6 Å². The Bertz CT molecular complexity index is 1020. The molecule has 0 saturated carbocycles. The van der Waals surface area contributed by atoms with Gasteiger partial charge in [0.25, 0.3) is 11.8 Å². The van der Waals surface area contributed by atoms with E-state index < -0.39 is 0 Å². The third-order valence-corrected chi connectivity index (χ3v) is 4.17. The van der Waals surface area contributed by atoms with E-state index in [0.29, 0.717) is 34.0 Å². The number of hydrogen-bond donors (Lipinski definition) is 2. The van der Waals surface area contributed by atoms with Gasteiger partial charge in [0.15, 0.2) is 0 Å². The van der Waals surface area contributed by atoms with Crippen molar-refractivity contribution < 1.29 is 23.5 Å². The van der Waals surface area contributed by atoms with Crippen molar-refractivity contribution in [1.82, 2.24) is 0 Å². The highest BCUT2D eigenvalue weighted by Gasteiger charge is 2.13. The van der Waals surface area contributed by atoms with E-state index in [2.05, 4.69) is 10.6 Å². The van der Waals surface area contributed by atoms with E-state index >= 15 is 0 Å². The van der Waals surface area contributed by atoms with Crippen LogP contribution in [0.4, 0.5) is 15.8 Å². The first-order valence-electron chi connectivity index (χ1n) is 8.70. The summed E-state index contributed by atoms with van der Waals surface area (Å²) in [5.74, 6) is -0.0329. The van der Waals surface area contributed by atoms with Crippen LogP contribution in [-0.2, 0) is 0 Å². The molecule has 0 bridgehead atoms. The second-order valence-electron chi connectivity index (χ2n) is 6.06. The van der Waals surface area contributed by atoms with Crippen LogP contribution in [0.2, 0.25) is 0 Å². The quantitative estimate of drug-likeness (QED) is 0.652. The van der Waals surface area contributed by atoms with Crippen molar-refractivity contribution in [2.24, 2.45) is 0 Å². The summed E-state index contributed by atoms with van der Waals surface area (Å²) in [6, 6.07) is 16.7. The van der Waals surface area contributed by atoms with Gasteiger partial charge in [0.2, 0.25) is 0 Å². The molecule has 29 heavy (non-hydrogen) atoms. The first kappa shape index (κ1) is 19.9. The van der Waals surface area contributed by atoms with E-state index in [1.54, 1.807) is 30.3 Å². The number of methoxy groups -OCH3 is 2. The van der Waals surface area contributed by atoms with Crippen molar-refractivity contribution in [1.29, 1.82) is 0 Å². The first-order chi connectivity index (χ1) is 14.0. The zero-order valence-corrected chi connectivity index (χ0v) is 15.9. The van der Waals surface area contributed by atoms with Crippen molar-refractivity contribution in [3.63, 3.8) is 0 Å². The molecule has 0 heterocycles. The summed E-state index contributed by atoms with van der Waals surface area (Å²) in [7, 11) is 3.04. The SMILES string of the molecule is COc1ccc(OC)c(NC(=O)c2ccc(C(=O)Nc3ccc(F)cc3)cc2)c1. The first-order valence-corrected chi connectivity index (χ1v) is 8.70. The fourth-order valence-corrected chi connectivity index (χ4v) is 2.62. The highest BCUT2D eigenvalue weighted by Crippen LogP contribution is 2.29. The number of carbonyl (C=O) groups excluding carboxylic acids is 2. The van der Waals surface area contributed by atoms with E-state index in [9.17, 15) is 14.0 Å². The van der Waals surface area contributed by atoms with Crippen molar-refractivity contribution in [2.45, 2.75) is 0 Å². The highest BCUT2D eigenvalue weighted by molar-refractivity contribution is 6.07. The van der Waals surface area contributed by atoms with Gasteiger partial charge in [-0.1, -0.05) is 0 Å². The van der Waals surface area contributed by atoms with E-state index in [0.717, 1.165) is 0 Å². The number of hydrogen-bond acceptors (Lipinski definition) is 4. The Morgan fingerprint density at radius 3 is 1.90 bits per heavy atom. The largest absolute Gasteiger partial charge is 0.497 e. The molecule has 0 radical (unpaired) electrons. The highest BCUT2D eigenvalue weighted by atomic mass is 19.1. The van der Waals surface area contributed by atoms with Crippen LogP contribution in [0.25, 0.3) is 0 Å². The molecule has 0 atom stereocenters. The number of rotatable bonds is 6. The van der Waals surface area contributed by atoms with Crippen molar-refractivity contribution in [2.75, 3.05) is 24.9 Å². The Morgan fingerprint density at radius 2 is 1.34 bits per heavy atom. The zero-order chi connectivity index (χ0) is 20.8. The van der Waals surface area contributed by atoms with Gasteiger partial charge in [0.05, 0.1) is 19.9 Å². The minimum atomic E-state index is -0.383. The average Bonchev–Trinajstić information content (AvgIpc) is 2.75. The lowest BCUT2D eigenvalue weighted by atomic mass is 10.1.